The van der Waals surface area contributed by atoms with Crippen molar-refractivity contribution in [3.8, 4) is 5.75 Å². The van der Waals surface area contributed by atoms with Crippen molar-refractivity contribution < 1.29 is 9.53 Å². The summed E-state index contributed by atoms with van der Waals surface area (Å²) in [5.74, 6) is 0.621. The maximum Gasteiger partial charge on any atom is 0.205 e. The van der Waals surface area contributed by atoms with Gasteiger partial charge in [0, 0.05) is 5.02 Å². The van der Waals surface area contributed by atoms with Gasteiger partial charge in [-0.25, -0.2) is 9.67 Å². The van der Waals surface area contributed by atoms with E-state index in [-0.39, 0.29) is 5.78 Å². The fourth-order valence-electron chi connectivity index (χ4n) is 1.69. The lowest BCUT2D eigenvalue weighted by Crippen LogP contribution is -2.37. The van der Waals surface area contributed by atoms with Crippen LogP contribution in [-0.4, -0.2) is 20.5 Å². The monoisotopic (exact) mass is 293 g/mol. The van der Waals surface area contributed by atoms with E-state index in [2.05, 4.69) is 10.1 Å². The molecule has 1 heterocycles. The molecule has 1 aromatic heterocycles. The van der Waals surface area contributed by atoms with E-state index in [9.17, 15) is 4.79 Å². The second kappa shape index (κ2) is 5.63. The Morgan fingerprint density at radius 2 is 2.00 bits per heavy atom. The average Bonchev–Trinajstić information content (AvgIpc) is 2.91. The third-order valence-corrected chi connectivity index (χ3v) is 3.51. The molecule has 0 saturated heterocycles. The minimum Gasteiger partial charge on any atom is -0.468 e. The van der Waals surface area contributed by atoms with E-state index >= 15 is 0 Å². The summed E-state index contributed by atoms with van der Waals surface area (Å²) < 4.78 is 7.46. The van der Waals surface area contributed by atoms with E-state index in [1.165, 1.54) is 24.3 Å². The van der Waals surface area contributed by atoms with Crippen molar-refractivity contribution in [2.45, 2.75) is 27.0 Å². The first-order valence-corrected chi connectivity index (χ1v) is 6.56. The molecule has 0 saturated carbocycles. The van der Waals surface area contributed by atoms with Crippen LogP contribution in [0.4, 0.5) is 0 Å². The Bertz CT molecular complexity index is 579. The minimum atomic E-state index is -0.743. The number of nitrogens with zero attached hydrogens (tertiary/aromatic N) is 3. The van der Waals surface area contributed by atoms with Crippen molar-refractivity contribution in [1.29, 1.82) is 0 Å². The maximum atomic E-state index is 11.9. The van der Waals surface area contributed by atoms with Crippen LogP contribution in [0.15, 0.2) is 36.9 Å². The van der Waals surface area contributed by atoms with Gasteiger partial charge in [-0.3, -0.25) is 4.79 Å². The van der Waals surface area contributed by atoms with Crippen LogP contribution in [0.5, 0.6) is 5.75 Å². The number of halogens is 1. The molecular formula is C14H16ClN3O2. The lowest BCUT2D eigenvalue weighted by Gasteiger charge is -2.32. The van der Waals surface area contributed by atoms with Gasteiger partial charge in [0.2, 0.25) is 6.23 Å². The van der Waals surface area contributed by atoms with Crippen LogP contribution in [-0.2, 0) is 4.79 Å². The van der Waals surface area contributed by atoms with Gasteiger partial charge in [-0.15, -0.1) is 0 Å². The van der Waals surface area contributed by atoms with Gasteiger partial charge < -0.3 is 4.74 Å². The summed E-state index contributed by atoms with van der Waals surface area (Å²) in [5.41, 5.74) is -0.743. The maximum absolute atomic E-state index is 11.9. The molecule has 0 radical (unpaired) electrons. The second-order valence-corrected chi connectivity index (χ2v) is 5.51. The van der Waals surface area contributed by atoms with E-state index in [4.69, 9.17) is 16.3 Å². The summed E-state index contributed by atoms with van der Waals surface area (Å²) in [6.07, 6.45) is 2.36. The Hall–Kier alpha value is -1.88. The van der Waals surface area contributed by atoms with Crippen LogP contribution in [0.2, 0.25) is 5.02 Å². The molecule has 106 valence electrons. The molecule has 1 unspecified atom stereocenters. The molecule has 2 aromatic rings. The zero-order chi connectivity index (χ0) is 14.8. The number of hydrogen-bond donors (Lipinski definition) is 0. The lowest BCUT2D eigenvalue weighted by atomic mass is 9.86. The molecule has 20 heavy (non-hydrogen) atoms. The number of benzene rings is 1. The molecule has 0 N–H and O–H groups in total. The molecular weight excluding hydrogens is 278 g/mol. The molecule has 0 bridgehead atoms. The van der Waals surface area contributed by atoms with Gasteiger partial charge in [0.25, 0.3) is 0 Å². The molecule has 1 atom stereocenters. The third kappa shape index (κ3) is 2.99. The van der Waals surface area contributed by atoms with Gasteiger partial charge in [0.05, 0.1) is 5.41 Å². The van der Waals surface area contributed by atoms with E-state index in [1.807, 2.05) is 13.8 Å². The predicted octanol–water partition coefficient (Wildman–Crippen LogP) is 3.12. The van der Waals surface area contributed by atoms with Gasteiger partial charge in [-0.1, -0.05) is 11.6 Å². The minimum absolute atomic E-state index is 0.00645. The Morgan fingerprint density at radius 3 is 2.50 bits per heavy atom. The van der Waals surface area contributed by atoms with E-state index in [1.54, 1.807) is 24.3 Å². The highest BCUT2D eigenvalue weighted by Crippen LogP contribution is 2.34. The standard InChI is InChI=1S/C14H16ClN3O2/c1-10(19)14(2,3)13(18-9-16-8-17-18)20-12-6-4-11(15)5-7-12/h4-9,13H,1-3H3. The fourth-order valence-corrected chi connectivity index (χ4v) is 1.81. The number of hydrogen-bond acceptors (Lipinski definition) is 4. The molecule has 1 aromatic carbocycles. The van der Waals surface area contributed by atoms with Crippen molar-refractivity contribution in [3.05, 3.63) is 41.9 Å². The molecule has 0 amide bonds. The number of carbonyl (C=O) groups is 1. The van der Waals surface area contributed by atoms with Crippen molar-refractivity contribution in [1.82, 2.24) is 14.8 Å². The van der Waals surface area contributed by atoms with Crippen LogP contribution in [0.3, 0.4) is 0 Å². The highest BCUT2D eigenvalue weighted by atomic mass is 35.5. The molecule has 0 fully saturated rings. The summed E-state index contributed by atoms with van der Waals surface area (Å²) in [6, 6.07) is 6.97. The Balaban J connectivity index is 2.33. The highest BCUT2D eigenvalue weighted by Gasteiger charge is 2.38. The number of rotatable bonds is 5. The van der Waals surface area contributed by atoms with Crippen LogP contribution in [0, 0.1) is 5.41 Å². The van der Waals surface area contributed by atoms with Crippen molar-refractivity contribution in [3.63, 3.8) is 0 Å². The fraction of sp³-hybridized carbons (Fsp3) is 0.357. The quantitative estimate of drug-likeness (QED) is 0.850. The zero-order valence-corrected chi connectivity index (χ0v) is 12.3. The van der Waals surface area contributed by atoms with Gasteiger partial charge in [0.1, 0.15) is 24.2 Å². The Morgan fingerprint density at radius 1 is 1.35 bits per heavy atom. The van der Waals surface area contributed by atoms with Gasteiger partial charge >= 0.3 is 0 Å². The molecule has 0 aliphatic heterocycles. The number of carbonyl (C=O) groups excluding carboxylic acids is 1. The summed E-state index contributed by atoms with van der Waals surface area (Å²) in [4.78, 5) is 15.8. The number of ether oxygens (including phenoxy) is 1. The molecule has 0 spiro atoms. The highest BCUT2D eigenvalue weighted by molar-refractivity contribution is 6.30. The van der Waals surface area contributed by atoms with Crippen LogP contribution < -0.4 is 4.74 Å². The molecule has 6 heteroatoms. The largest absolute Gasteiger partial charge is 0.468 e. The van der Waals surface area contributed by atoms with Crippen molar-refractivity contribution >= 4 is 17.4 Å². The topological polar surface area (TPSA) is 57.0 Å². The smallest absolute Gasteiger partial charge is 0.205 e. The van der Waals surface area contributed by atoms with Crippen LogP contribution >= 0.6 is 11.6 Å². The van der Waals surface area contributed by atoms with Crippen LogP contribution in [0.25, 0.3) is 0 Å². The predicted molar refractivity (Wildman–Crippen MR) is 75.6 cm³/mol. The van der Waals surface area contributed by atoms with Gasteiger partial charge in [-0.05, 0) is 45.0 Å². The third-order valence-electron chi connectivity index (χ3n) is 3.26. The molecule has 0 aliphatic rings. The summed E-state index contributed by atoms with van der Waals surface area (Å²) in [5, 5.41) is 4.71. The Labute approximate surface area is 122 Å². The van der Waals surface area contributed by atoms with Crippen LogP contribution in [0.1, 0.15) is 27.0 Å². The SMILES string of the molecule is CC(=O)C(C)(C)C(Oc1ccc(Cl)cc1)n1cncn1. The second-order valence-electron chi connectivity index (χ2n) is 5.08. The first-order valence-electron chi connectivity index (χ1n) is 6.18. The summed E-state index contributed by atoms with van der Waals surface area (Å²) >= 11 is 5.85. The lowest BCUT2D eigenvalue weighted by molar-refractivity contribution is -0.133. The first-order chi connectivity index (χ1) is 9.41. The molecule has 0 aliphatic carbocycles. The number of ketones is 1. The summed E-state index contributed by atoms with van der Waals surface area (Å²) in [7, 11) is 0. The van der Waals surface area contributed by atoms with E-state index in [0.717, 1.165) is 0 Å². The van der Waals surface area contributed by atoms with Gasteiger partial charge in [0.15, 0.2) is 0 Å². The summed E-state index contributed by atoms with van der Waals surface area (Å²) in [6.45, 7) is 5.17. The number of aromatic nitrogens is 3. The van der Waals surface area contributed by atoms with E-state index < -0.39 is 11.6 Å². The first kappa shape index (κ1) is 14.5. The van der Waals surface area contributed by atoms with Gasteiger partial charge in [-0.2, -0.15) is 5.10 Å². The van der Waals surface area contributed by atoms with Crippen molar-refractivity contribution in [2.24, 2.45) is 5.41 Å². The molecule has 2 rings (SSSR count). The van der Waals surface area contributed by atoms with Crippen molar-refractivity contribution in [2.75, 3.05) is 0 Å². The number of Topliss-reactive ketones (excluding diaryl/α,β-unsaturated/α-hetero) is 1. The molecule has 5 nitrogen and oxygen atoms in total. The normalized spacial score (nSPS) is 13.0. The average molecular weight is 294 g/mol. The Kier molecular flexibility index (Phi) is 4.09. The zero-order valence-electron chi connectivity index (χ0n) is 11.6. The van der Waals surface area contributed by atoms with E-state index in [0.29, 0.717) is 10.8 Å².